The molecule has 12 nitrogen and oxygen atoms in total. The number of fused-ring (bicyclic) bond motifs is 1. The maximum Gasteiger partial charge on any atom is 0.280 e. The van der Waals surface area contributed by atoms with E-state index in [2.05, 4.69) is 19.9 Å². The first-order valence-corrected chi connectivity index (χ1v) is 15.2. The summed E-state index contributed by atoms with van der Waals surface area (Å²) in [6.45, 7) is 1.92. The summed E-state index contributed by atoms with van der Waals surface area (Å²) in [7, 11) is 6.89. The summed E-state index contributed by atoms with van der Waals surface area (Å²) >= 11 is 0. The van der Waals surface area contributed by atoms with Crippen LogP contribution in [0, 0.1) is 5.92 Å². The number of aliphatic imine (C=N–C) groups is 1. The third-order valence-electron chi connectivity index (χ3n) is 8.43. The highest BCUT2D eigenvalue weighted by Gasteiger charge is 2.45. The van der Waals surface area contributed by atoms with Gasteiger partial charge in [0.2, 0.25) is 5.95 Å². The number of H-pyrrole nitrogens is 1. The Morgan fingerprint density at radius 2 is 1.57 bits per heavy atom. The lowest BCUT2D eigenvalue weighted by atomic mass is 9.80. The first-order chi connectivity index (χ1) is 22.7. The van der Waals surface area contributed by atoms with Gasteiger partial charge in [0.25, 0.3) is 5.56 Å². The van der Waals surface area contributed by atoms with Gasteiger partial charge in [-0.05, 0) is 41.0 Å². The minimum absolute atomic E-state index is 0.0357. The van der Waals surface area contributed by atoms with Crippen LogP contribution in [0.2, 0.25) is 0 Å². The van der Waals surface area contributed by atoms with Gasteiger partial charge in [-0.15, -0.1) is 0 Å². The Kier molecular flexibility index (Phi) is 9.08. The average Bonchev–Trinajstić information content (AvgIpc) is 3.65. The van der Waals surface area contributed by atoms with Gasteiger partial charge in [0, 0.05) is 20.0 Å². The second-order valence-electron chi connectivity index (χ2n) is 11.7. The van der Waals surface area contributed by atoms with Gasteiger partial charge in [0.15, 0.2) is 11.2 Å². The summed E-state index contributed by atoms with van der Waals surface area (Å²) in [4.78, 5) is 30.3. The molecule has 244 valence electrons. The number of hydrogen-bond donors (Lipinski definition) is 2. The van der Waals surface area contributed by atoms with Crippen molar-refractivity contribution in [1.82, 2.24) is 24.4 Å². The lowest BCUT2D eigenvalue weighted by molar-refractivity contribution is -0.0934. The summed E-state index contributed by atoms with van der Waals surface area (Å²) in [6.07, 6.45) is 0.760. The first-order valence-electron chi connectivity index (χ1n) is 15.2. The molecule has 12 heteroatoms. The zero-order chi connectivity index (χ0) is 33.1. The van der Waals surface area contributed by atoms with Crippen molar-refractivity contribution in [3.8, 4) is 11.5 Å². The Morgan fingerprint density at radius 1 is 0.979 bits per heavy atom. The van der Waals surface area contributed by atoms with Crippen molar-refractivity contribution in [3.63, 3.8) is 0 Å². The molecule has 5 aromatic rings. The third-order valence-corrected chi connectivity index (χ3v) is 8.43. The maximum atomic E-state index is 12.8. The lowest BCUT2D eigenvalue weighted by Gasteiger charge is -2.37. The van der Waals surface area contributed by atoms with Crippen LogP contribution in [0.25, 0.3) is 11.2 Å². The minimum Gasteiger partial charge on any atom is -0.497 e. The normalized spacial score (nSPS) is 19.8. The molecular formula is C35H38N6O6. The fourth-order valence-corrected chi connectivity index (χ4v) is 5.96. The molecule has 3 heterocycles. The molecular weight excluding hydrogens is 600 g/mol. The van der Waals surface area contributed by atoms with Gasteiger partial charge in [0.05, 0.1) is 39.6 Å². The number of aromatic amines is 1. The van der Waals surface area contributed by atoms with E-state index in [4.69, 9.17) is 18.9 Å². The van der Waals surface area contributed by atoms with Gasteiger partial charge in [-0.25, -0.2) is 9.98 Å². The van der Waals surface area contributed by atoms with Gasteiger partial charge in [-0.1, -0.05) is 61.5 Å². The number of rotatable bonds is 11. The molecule has 1 aliphatic rings. The molecule has 1 saturated heterocycles. The van der Waals surface area contributed by atoms with Gasteiger partial charge < -0.3 is 29.0 Å². The number of aliphatic hydroxyl groups is 1. The lowest BCUT2D eigenvalue weighted by Crippen LogP contribution is -2.38. The van der Waals surface area contributed by atoms with E-state index < -0.39 is 29.6 Å². The van der Waals surface area contributed by atoms with Crippen molar-refractivity contribution in [2.24, 2.45) is 10.9 Å². The van der Waals surface area contributed by atoms with E-state index >= 15 is 0 Å². The van der Waals surface area contributed by atoms with E-state index in [-0.39, 0.29) is 24.0 Å². The van der Waals surface area contributed by atoms with Gasteiger partial charge >= 0.3 is 0 Å². The molecule has 6 rings (SSSR count). The Morgan fingerprint density at radius 3 is 2.15 bits per heavy atom. The quantitative estimate of drug-likeness (QED) is 0.124. The zero-order valence-corrected chi connectivity index (χ0v) is 26.9. The van der Waals surface area contributed by atoms with Crippen LogP contribution in [0.5, 0.6) is 11.5 Å². The largest absolute Gasteiger partial charge is 0.497 e. The van der Waals surface area contributed by atoms with E-state index in [9.17, 15) is 9.90 Å². The number of methoxy groups -OCH3 is 2. The van der Waals surface area contributed by atoms with Gasteiger partial charge in [-0.3, -0.25) is 14.3 Å². The third kappa shape index (κ3) is 6.10. The maximum absolute atomic E-state index is 12.8. The second kappa shape index (κ2) is 13.4. The highest BCUT2D eigenvalue weighted by atomic mass is 16.6. The van der Waals surface area contributed by atoms with Crippen LogP contribution in [0.15, 0.2) is 95.0 Å². The molecule has 2 aromatic heterocycles. The van der Waals surface area contributed by atoms with Crippen molar-refractivity contribution >= 4 is 23.5 Å². The fourth-order valence-electron chi connectivity index (χ4n) is 5.96. The van der Waals surface area contributed by atoms with Crippen LogP contribution in [0.3, 0.4) is 0 Å². The molecule has 0 saturated carbocycles. The van der Waals surface area contributed by atoms with Crippen molar-refractivity contribution in [2.45, 2.75) is 31.0 Å². The number of hydrogen-bond acceptors (Lipinski definition) is 9. The number of benzene rings is 3. The van der Waals surface area contributed by atoms with E-state index in [1.165, 1.54) is 6.33 Å². The Balaban J connectivity index is 1.37. The van der Waals surface area contributed by atoms with Crippen LogP contribution < -0.4 is 15.0 Å². The highest BCUT2D eigenvalue weighted by molar-refractivity contribution is 5.71. The van der Waals surface area contributed by atoms with Gasteiger partial charge in [-0.2, -0.15) is 4.98 Å². The molecule has 0 aliphatic carbocycles. The van der Waals surface area contributed by atoms with Crippen LogP contribution in [0.4, 0.5) is 5.95 Å². The van der Waals surface area contributed by atoms with Crippen LogP contribution in [0.1, 0.15) is 29.8 Å². The smallest absolute Gasteiger partial charge is 0.280 e. The molecule has 0 bridgehead atoms. The predicted molar refractivity (Wildman–Crippen MR) is 177 cm³/mol. The number of nitrogens with one attached hydrogen (secondary N) is 1. The number of aliphatic hydroxyl groups excluding tert-OH is 1. The number of ether oxygens (including phenoxy) is 4. The van der Waals surface area contributed by atoms with Crippen LogP contribution >= 0.6 is 0 Å². The molecule has 0 radical (unpaired) electrons. The van der Waals surface area contributed by atoms with E-state index in [0.717, 1.165) is 16.7 Å². The highest BCUT2D eigenvalue weighted by Crippen LogP contribution is 2.43. The SMILES string of the molecule is COc1ccc(C(OC[C@H]2O[C@@H](n3cnc4c(=O)[nH]c(/N=C\N(C)C)nc43)[C@@H](C)C2O)(c2ccccc2)c2ccc(OC)cc2)cc1. The molecule has 0 amide bonds. The molecule has 1 aliphatic heterocycles. The summed E-state index contributed by atoms with van der Waals surface area (Å²) in [5.74, 6) is 1.18. The zero-order valence-electron chi connectivity index (χ0n) is 26.9. The van der Waals surface area contributed by atoms with Crippen LogP contribution in [-0.2, 0) is 15.1 Å². The second-order valence-corrected chi connectivity index (χ2v) is 11.7. The summed E-state index contributed by atoms with van der Waals surface area (Å²) in [5, 5.41) is 11.5. The minimum atomic E-state index is -1.08. The first kappa shape index (κ1) is 31.9. The number of aromatic nitrogens is 4. The fraction of sp³-hybridized carbons (Fsp3) is 0.314. The summed E-state index contributed by atoms with van der Waals surface area (Å²) in [5.41, 5.74) is 1.57. The van der Waals surface area contributed by atoms with E-state index in [0.29, 0.717) is 17.1 Å². The Hall–Kier alpha value is -5.04. The molecule has 4 atom stereocenters. The van der Waals surface area contributed by atoms with E-state index in [1.54, 1.807) is 30.0 Å². The van der Waals surface area contributed by atoms with Crippen molar-refractivity contribution in [2.75, 3.05) is 34.9 Å². The van der Waals surface area contributed by atoms with Crippen molar-refractivity contribution < 1.29 is 24.1 Å². The standard InChI is InChI=1S/C35H38N6O6/c1-22-30(42)28(47-33(22)41-21-36-29-31(41)38-34(39-32(29)43)37-20-40(2)3)19-46-35(23-9-7-6-8-10-23,24-11-15-26(44-4)16-12-24)25-13-17-27(45-5)18-14-25/h6-18,20-22,28,30,33,42H,19H2,1-5H3,(H,38,39,43)/b37-20-/t22-,28+,30?,33+/m0/s1. The molecule has 3 aromatic carbocycles. The topological polar surface area (TPSA) is 136 Å². The molecule has 1 fully saturated rings. The van der Waals surface area contributed by atoms with E-state index in [1.807, 2.05) is 99.9 Å². The van der Waals surface area contributed by atoms with Crippen molar-refractivity contribution in [3.05, 3.63) is 112 Å². The average molecular weight is 639 g/mol. The Labute approximate surface area is 272 Å². The Bertz CT molecular complexity index is 1840. The number of nitrogens with zero attached hydrogens (tertiary/aromatic N) is 5. The summed E-state index contributed by atoms with van der Waals surface area (Å²) in [6, 6.07) is 25.4. The summed E-state index contributed by atoms with van der Waals surface area (Å²) < 4.78 is 26.1. The predicted octanol–water partition coefficient (Wildman–Crippen LogP) is 4.26. The van der Waals surface area contributed by atoms with Crippen LogP contribution in [-0.4, -0.2) is 83.0 Å². The van der Waals surface area contributed by atoms with Gasteiger partial charge in [0.1, 0.15) is 29.4 Å². The van der Waals surface area contributed by atoms with Crippen molar-refractivity contribution in [1.29, 1.82) is 0 Å². The molecule has 0 spiro atoms. The molecule has 1 unspecified atom stereocenters. The number of imidazole rings is 1. The monoisotopic (exact) mass is 638 g/mol. The molecule has 47 heavy (non-hydrogen) atoms. The molecule has 2 N–H and O–H groups in total.